The summed E-state index contributed by atoms with van der Waals surface area (Å²) in [5.74, 6) is -0.155. The highest BCUT2D eigenvalue weighted by Crippen LogP contribution is 2.18. The van der Waals surface area contributed by atoms with Crippen molar-refractivity contribution in [3.05, 3.63) is 33.8 Å². The number of rotatable bonds is 5. The second kappa shape index (κ2) is 6.87. The highest BCUT2D eigenvalue weighted by Gasteiger charge is 2.19. The third-order valence-electron chi connectivity index (χ3n) is 2.60. The van der Waals surface area contributed by atoms with Crippen LogP contribution in [-0.4, -0.2) is 32.5 Å². The lowest BCUT2D eigenvalue weighted by Crippen LogP contribution is -2.43. The van der Waals surface area contributed by atoms with Crippen LogP contribution in [0.2, 0.25) is 0 Å². The molecule has 100 valence electrons. The number of methoxy groups -OCH3 is 2. The van der Waals surface area contributed by atoms with Gasteiger partial charge in [-0.1, -0.05) is 11.6 Å². The van der Waals surface area contributed by atoms with E-state index < -0.39 is 6.29 Å². The Hall–Kier alpha value is -0.910. The summed E-state index contributed by atoms with van der Waals surface area (Å²) in [6.45, 7) is 3.78. The third-order valence-corrected chi connectivity index (χ3v) is 3.29. The number of amides is 1. The maximum Gasteiger partial charge on any atom is 0.252 e. The standard InChI is InChI=1S/C13H18BrNO3/c1-8-5-6-11(14)10(7-8)12(16)15-9(2)13(17-3)18-4/h5-7,9,13H,1-4H3,(H,15,16). The van der Waals surface area contributed by atoms with Crippen LogP contribution in [0.1, 0.15) is 22.8 Å². The topological polar surface area (TPSA) is 47.6 Å². The molecule has 1 rings (SSSR count). The molecule has 1 N–H and O–H groups in total. The molecule has 1 aromatic rings. The highest BCUT2D eigenvalue weighted by molar-refractivity contribution is 9.10. The van der Waals surface area contributed by atoms with Crippen LogP contribution in [0, 0.1) is 6.92 Å². The first-order valence-electron chi connectivity index (χ1n) is 5.62. The Bertz CT molecular complexity index is 419. The minimum atomic E-state index is -0.461. The number of benzene rings is 1. The van der Waals surface area contributed by atoms with Crippen molar-refractivity contribution in [2.75, 3.05) is 14.2 Å². The van der Waals surface area contributed by atoms with Gasteiger partial charge in [0, 0.05) is 18.7 Å². The van der Waals surface area contributed by atoms with Gasteiger partial charge in [-0.25, -0.2) is 0 Å². The molecule has 0 radical (unpaired) electrons. The van der Waals surface area contributed by atoms with Crippen molar-refractivity contribution in [2.24, 2.45) is 0 Å². The maximum absolute atomic E-state index is 12.1. The van der Waals surface area contributed by atoms with E-state index >= 15 is 0 Å². The Morgan fingerprint density at radius 3 is 2.50 bits per heavy atom. The summed E-state index contributed by atoms with van der Waals surface area (Å²) in [6, 6.07) is 5.40. The summed E-state index contributed by atoms with van der Waals surface area (Å²) in [5.41, 5.74) is 1.64. The van der Waals surface area contributed by atoms with E-state index in [1.807, 2.05) is 32.0 Å². The van der Waals surface area contributed by atoms with E-state index in [2.05, 4.69) is 21.2 Å². The second-order valence-electron chi connectivity index (χ2n) is 4.09. The zero-order valence-corrected chi connectivity index (χ0v) is 12.6. The Kier molecular flexibility index (Phi) is 5.78. The molecule has 18 heavy (non-hydrogen) atoms. The summed E-state index contributed by atoms with van der Waals surface area (Å²) >= 11 is 3.37. The van der Waals surface area contributed by atoms with Gasteiger partial charge >= 0.3 is 0 Å². The van der Waals surface area contributed by atoms with Gasteiger partial charge in [0.1, 0.15) is 0 Å². The lowest BCUT2D eigenvalue weighted by molar-refractivity contribution is -0.117. The van der Waals surface area contributed by atoms with Gasteiger partial charge in [-0.15, -0.1) is 0 Å². The van der Waals surface area contributed by atoms with Crippen LogP contribution in [0.4, 0.5) is 0 Å². The minimum Gasteiger partial charge on any atom is -0.354 e. The van der Waals surface area contributed by atoms with Gasteiger partial charge in [-0.05, 0) is 41.9 Å². The molecule has 0 aromatic heterocycles. The molecule has 0 aliphatic rings. The van der Waals surface area contributed by atoms with E-state index in [9.17, 15) is 4.79 Å². The number of carbonyl (C=O) groups excluding carboxylic acids is 1. The fraction of sp³-hybridized carbons (Fsp3) is 0.462. The second-order valence-corrected chi connectivity index (χ2v) is 4.94. The molecule has 0 saturated heterocycles. The van der Waals surface area contributed by atoms with Gasteiger partial charge in [-0.2, -0.15) is 0 Å². The summed E-state index contributed by atoms with van der Waals surface area (Å²) in [5, 5.41) is 2.85. The maximum atomic E-state index is 12.1. The van der Waals surface area contributed by atoms with Crippen LogP contribution in [0.25, 0.3) is 0 Å². The highest BCUT2D eigenvalue weighted by atomic mass is 79.9. The molecule has 0 aliphatic carbocycles. The Morgan fingerprint density at radius 2 is 1.94 bits per heavy atom. The van der Waals surface area contributed by atoms with Crippen molar-refractivity contribution in [2.45, 2.75) is 26.2 Å². The largest absolute Gasteiger partial charge is 0.354 e. The Morgan fingerprint density at radius 1 is 1.33 bits per heavy atom. The zero-order valence-electron chi connectivity index (χ0n) is 11.0. The monoisotopic (exact) mass is 315 g/mol. The van der Waals surface area contributed by atoms with Gasteiger partial charge in [-0.3, -0.25) is 4.79 Å². The van der Waals surface area contributed by atoms with Crippen molar-refractivity contribution in [3.8, 4) is 0 Å². The molecular formula is C13H18BrNO3. The average Bonchev–Trinajstić information content (AvgIpc) is 2.33. The first kappa shape index (κ1) is 15.1. The molecule has 1 unspecified atom stereocenters. The molecule has 0 heterocycles. The average molecular weight is 316 g/mol. The smallest absolute Gasteiger partial charge is 0.252 e. The fourth-order valence-electron chi connectivity index (χ4n) is 1.67. The Balaban J connectivity index is 2.79. The third kappa shape index (κ3) is 3.80. The normalized spacial score (nSPS) is 12.6. The van der Waals surface area contributed by atoms with Crippen LogP contribution < -0.4 is 5.32 Å². The summed E-state index contributed by atoms with van der Waals surface area (Å²) < 4.78 is 11.0. The van der Waals surface area contributed by atoms with E-state index in [-0.39, 0.29) is 11.9 Å². The van der Waals surface area contributed by atoms with E-state index in [0.29, 0.717) is 5.56 Å². The van der Waals surface area contributed by atoms with Gasteiger partial charge in [0.05, 0.1) is 11.6 Å². The van der Waals surface area contributed by atoms with Crippen molar-refractivity contribution >= 4 is 21.8 Å². The molecule has 5 heteroatoms. The number of halogens is 1. The van der Waals surface area contributed by atoms with E-state index in [1.165, 1.54) is 0 Å². The number of ether oxygens (including phenoxy) is 2. The van der Waals surface area contributed by atoms with Crippen LogP contribution in [-0.2, 0) is 9.47 Å². The van der Waals surface area contributed by atoms with Crippen molar-refractivity contribution in [1.82, 2.24) is 5.32 Å². The lowest BCUT2D eigenvalue weighted by atomic mass is 10.1. The molecule has 0 spiro atoms. The summed E-state index contributed by atoms with van der Waals surface area (Å²) in [6.07, 6.45) is -0.461. The molecule has 0 fully saturated rings. The fourth-order valence-corrected chi connectivity index (χ4v) is 2.10. The molecular weight excluding hydrogens is 298 g/mol. The first-order valence-corrected chi connectivity index (χ1v) is 6.41. The van der Waals surface area contributed by atoms with Crippen LogP contribution in [0.5, 0.6) is 0 Å². The predicted octanol–water partition coefficient (Wildman–Crippen LogP) is 2.49. The van der Waals surface area contributed by atoms with Crippen LogP contribution >= 0.6 is 15.9 Å². The molecule has 1 amide bonds. The van der Waals surface area contributed by atoms with Crippen LogP contribution in [0.3, 0.4) is 0 Å². The molecule has 0 bridgehead atoms. The zero-order chi connectivity index (χ0) is 13.7. The first-order chi connectivity index (χ1) is 8.49. The Labute approximate surface area is 116 Å². The van der Waals surface area contributed by atoms with Crippen LogP contribution in [0.15, 0.2) is 22.7 Å². The quantitative estimate of drug-likeness (QED) is 0.849. The number of hydrogen-bond acceptors (Lipinski definition) is 3. The van der Waals surface area contributed by atoms with Gasteiger partial charge in [0.2, 0.25) is 0 Å². The molecule has 0 aliphatic heterocycles. The summed E-state index contributed by atoms with van der Waals surface area (Å²) in [7, 11) is 3.08. The van der Waals surface area contributed by atoms with Gasteiger partial charge < -0.3 is 14.8 Å². The number of hydrogen-bond donors (Lipinski definition) is 1. The molecule has 0 saturated carbocycles. The SMILES string of the molecule is COC(OC)C(C)NC(=O)c1cc(C)ccc1Br. The van der Waals surface area contributed by atoms with Crippen molar-refractivity contribution < 1.29 is 14.3 Å². The molecule has 1 aromatic carbocycles. The number of aryl methyl sites for hydroxylation is 1. The van der Waals surface area contributed by atoms with Gasteiger partial charge in [0.15, 0.2) is 6.29 Å². The van der Waals surface area contributed by atoms with E-state index in [1.54, 1.807) is 14.2 Å². The lowest BCUT2D eigenvalue weighted by Gasteiger charge is -2.22. The summed E-state index contributed by atoms with van der Waals surface area (Å²) in [4.78, 5) is 12.1. The van der Waals surface area contributed by atoms with Gasteiger partial charge in [0.25, 0.3) is 5.91 Å². The molecule has 1 atom stereocenters. The van der Waals surface area contributed by atoms with E-state index in [0.717, 1.165) is 10.0 Å². The minimum absolute atomic E-state index is 0.155. The van der Waals surface area contributed by atoms with Crippen molar-refractivity contribution in [1.29, 1.82) is 0 Å². The number of nitrogens with one attached hydrogen (secondary N) is 1. The predicted molar refractivity (Wildman–Crippen MR) is 73.6 cm³/mol. The molecule has 4 nitrogen and oxygen atoms in total. The van der Waals surface area contributed by atoms with Crippen molar-refractivity contribution in [3.63, 3.8) is 0 Å². The van der Waals surface area contributed by atoms with E-state index in [4.69, 9.17) is 9.47 Å². The number of carbonyl (C=O) groups is 1.